The van der Waals surface area contributed by atoms with E-state index < -0.39 is 0 Å². The zero-order valence-corrected chi connectivity index (χ0v) is 13.3. The van der Waals surface area contributed by atoms with E-state index in [1.54, 1.807) is 12.1 Å². The third kappa shape index (κ3) is 2.48. The summed E-state index contributed by atoms with van der Waals surface area (Å²) in [5.74, 6) is 0.911. The number of fused-ring (bicyclic) bond motifs is 3. The molecule has 0 radical (unpaired) electrons. The lowest BCUT2D eigenvalue weighted by atomic mass is 9.88. The molecular weight excluding hydrogens is 321 g/mol. The fourth-order valence-corrected chi connectivity index (χ4v) is 3.31. The molecule has 0 fully saturated rings. The van der Waals surface area contributed by atoms with E-state index in [1.807, 2.05) is 18.2 Å². The number of nitriles is 1. The molecule has 4 rings (SSSR count). The van der Waals surface area contributed by atoms with Crippen molar-refractivity contribution in [3.05, 3.63) is 59.4 Å². The number of aliphatic hydroxyl groups excluding tert-OH is 1. The molecule has 25 heavy (non-hydrogen) atoms. The number of nitrogens with zero attached hydrogens (tertiary/aromatic N) is 1. The standard InChI is InChI=1S/C20H14FNO3/c21-15-4-1-12(2-5-15)18-16(7-8-22)14(10-23)9-13-3-6-17-20(19(13)18)25-11-24-17/h1-6,9,23H,7,10-11H2. The predicted molar refractivity (Wildman–Crippen MR) is 90.7 cm³/mol. The fourth-order valence-electron chi connectivity index (χ4n) is 3.31. The van der Waals surface area contributed by atoms with E-state index in [9.17, 15) is 14.8 Å². The first-order chi connectivity index (χ1) is 12.2. The van der Waals surface area contributed by atoms with Crippen LogP contribution in [0.4, 0.5) is 4.39 Å². The summed E-state index contributed by atoms with van der Waals surface area (Å²) in [7, 11) is 0. The van der Waals surface area contributed by atoms with Gasteiger partial charge in [-0.1, -0.05) is 18.2 Å². The highest BCUT2D eigenvalue weighted by atomic mass is 19.1. The predicted octanol–water partition coefficient (Wildman–Crippen LogP) is 3.93. The van der Waals surface area contributed by atoms with Crippen LogP contribution in [0.2, 0.25) is 0 Å². The van der Waals surface area contributed by atoms with Gasteiger partial charge < -0.3 is 14.6 Å². The van der Waals surface area contributed by atoms with Gasteiger partial charge in [-0.15, -0.1) is 0 Å². The Bertz CT molecular complexity index is 1010. The normalized spacial score (nSPS) is 12.4. The van der Waals surface area contributed by atoms with Crippen molar-refractivity contribution in [3.63, 3.8) is 0 Å². The summed E-state index contributed by atoms with van der Waals surface area (Å²) in [6.07, 6.45) is 0.128. The number of rotatable bonds is 3. The molecule has 0 aromatic heterocycles. The molecule has 0 amide bonds. The van der Waals surface area contributed by atoms with Gasteiger partial charge >= 0.3 is 0 Å². The maximum absolute atomic E-state index is 13.4. The van der Waals surface area contributed by atoms with Gasteiger partial charge in [0.15, 0.2) is 11.5 Å². The van der Waals surface area contributed by atoms with Gasteiger partial charge in [0.1, 0.15) is 5.82 Å². The number of hydrogen-bond donors (Lipinski definition) is 1. The zero-order chi connectivity index (χ0) is 17.4. The van der Waals surface area contributed by atoms with Crippen molar-refractivity contribution in [2.75, 3.05) is 6.79 Å². The molecule has 5 heteroatoms. The Balaban J connectivity index is 2.14. The smallest absolute Gasteiger partial charge is 0.231 e. The summed E-state index contributed by atoms with van der Waals surface area (Å²) in [6, 6.07) is 13.8. The maximum atomic E-state index is 13.4. The minimum Gasteiger partial charge on any atom is -0.454 e. The monoisotopic (exact) mass is 335 g/mol. The van der Waals surface area contributed by atoms with E-state index in [2.05, 4.69) is 6.07 Å². The van der Waals surface area contributed by atoms with Crippen molar-refractivity contribution >= 4 is 10.8 Å². The lowest BCUT2D eigenvalue weighted by Gasteiger charge is -2.17. The fraction of sp³-hybridized carbons (Fsp3) is 0.150. The Morgan fingerprint density at radius 2 is 1.92 bits per heavy atom. The van der Waals surface area contributed by atoms with Gasteiger partial charge in [0.05, 0.1) is 19.1 Å². The number of hydrogen-bond acceptors (Lipinski definition) is 4. The van der Waals surface area contributed by atoms with Crippen LogP contribution in [0.3, 0.4) is 0 Å². The van der Waals surface area contributed by atoms with Crippen LogP contribution >= 0.6 is 0 Å². The van der Waals surface area contributed by atoms with Gasteiger partial charge in [-0.05, 0) is 51.9 Å². The highest BCUT2D eigenvalue weighted by Crippen LogP contribution is 2.46. The summed E-state index contributed by atoms with van der Waals surface area (Å²) in [6.45, 7) is -0.0533. The molecule has 0 saturated carbocycles. The summed E-state index contributed by atoms with van der Waals surface area (Å²) < 4.78 is 24.5. The molecule has 0 bridgehead atoms. The van der Waals surface area contributed by atoms with Gasteiger partial charge in [0.2, 0.25) is 6.79 Å². The molecule has 1 N–H and O–H groups in total. The van der Waals surface area contributed by atoms with E-state index >= 15 is 0 Å². The Kier molecular flexibility index (Phi) is 3.75. The van der Waals surface area contributed by atoms with Crippen molar-refractivity contribution in [3.8, 4) is 28.7 Å². The first-order valence-corrected chi connectivity index (χ1v) is 7.83. The molecule has 0 unspecified atom stereocenters. The highest BCUT2D eigenvalue weighted by molar-refractivity contribution is 6.04. The maximum Gasteiger partial charge on any atom is 0.231 e. The Hall–Kier alpha value is -3.10. The van der Waals surface area contributed by atoms with Crippen molar-refractivity contribution < 1.29 is 19.0 Å². The largest absolute Gasteiger partial charge is 0.454 e. The van der Waals surface area contributed by atoms with Gasteiger partial charge in [0, 0.05) is 5.39 Å². The molecule has 4 nitrogen and oxygen atoms in total. The number of aliphatic hydroxyl groups is 1. The average Bonchev–Trinajstić information content (AvgIpc) is 3.11. The van der Waals surface area contributed by atoms with Crippen LogP contribution in [0, 0.1) is 17.1 Å². The van der Waals surface area contributed by atoms with Crippen molar-refractivity contribution in [2.45, 2.75) is 13.0 Å². The molecule has 1 aliphatic heterocycles. The second-order valence-corrected chi connectivity index (χ2v) is 5.79. The van der Waals surface area contributed by atoms with Crippen LogP contribution in [0.1, 0.15) is 11.1 Å². The number of halogens is 1. The molecule has 0 atom stereocenters. The third-order valence-electron chi connectivity index (χ3n) is 4.40. The summed E-state index contributed by atoms with van der Waals surface area (Å²) >= 11 is 0. The third-order valence-corrected chi connectivity index (χ3v) is 4.40. The van der Waals surface area contributed by atoms with Crippen molar-refractivity contribution in [1.82, 2.24) is 0 Å². The minimum absolute atomic E-state index is 0.128. The molecule has 1 aliphatic rings. The first kappa shape index (κ1) is 15.4. The molecule has 1 heterocycles. The second kappa shape index (κ2) is 6.08. The second-order valence-electron chi connectivity index (χ2n) is 5.79. The summed E-state index contributed by atoms with van der Waals surface area (Å²) in [5.41, 5.74) is 2.92. The Labute approximate surface area is 143 Å². The SMILES string of the molecule is N#CCc1c(CO)cc2ccc3c(c2c1-c1ccc(F)cc1)OCO3. The molecule has 3 aromatic rings. The average molecular weight is 335 g/mol. The molecule has 0 spiro atoms. The molecule has 124 valence electrons. The molecule has 3 aromatic carbocycles. The van der Waals surface area contributed by atoms with E-state index in [0.29, 0.717) is 22.6 Å². The van der Waals surface area contributed by atoms with Gasteiger partial charge in [-0.2, -0.15) is 5.26 Å². The molecule has 0 saturated heterocycles. The van der Waals surface area contributed by atoms with Crippen LogP contribution in [-0.4, -0.2) is 11.9 Å². The van der Waals surface area contributed by atoms with Crippen LogP contribution < -0.4 is 9.47 Å². The minimum atomic E-state index is -0.335. The number of benzene rings is 3. The van der Waals surface area contributed by atoms with Crippen molar-refractivity contribution in [2.24, 2.45) is 0 Å². The van der Waals surface area contributed by atoms with Gasteiger partial charge in [0.25, 0.3) is 0 Å². The van der Waals surface area contributed by atoms with Crippen LogP contribution in [0.15, 0.2) is 42.5 Å². The van der Waals surface area contributed by atoms with Crippen molar-refractivity contribution in [1.29, 1.82) is 5.26 Å². The zero-order valence-electron chi connectivity index (χ0n) is 13.3. The van der Waals surface area contributed by atoms with E-state index in [-0.39, 0.29) is 25.6 Å². The van der Waals surface area contributed by atoms with Crippen LogP contribution in [0.25, 0.3) is 21.9 Å². The first-order valence-electron chi connectivity index (χ1n) is 7.83. The highest BCUT2D eigenvalue weighted by Gasteiger charge is 2.23. The summed E-state index contributed by atoms with van der Waals surface area (Å²) in [5, 5.41) is 20.7. The number of ether oxygens (including phenoxy) is 2. The lowest BCUT2D eigenvalue weighted by Crippen LogP contribution is -2.00. The van der Waals surface area contributed by atoms with Crippen LogP contribution in [0.5, 0.6) is 11.5 Å². The molecule has 0 aliphatic carbocycles. The lowest BCUT2D eigenvalue weighted by molar-refractivity contribution is 0.175. The topological polar surface area (TPSA) is 62.5 Å². The quantitative estimate of drug-likeness (QED) is 0.788. The Morgan fingerprint density at radius 3 is 2.64 bits per heavy atom. The molecular formula is C20H14FNO3. The van der Waals surface area contributed by atoms with E-state index in [0.717, 1.165) is 21.9 Å². The summed E-state index contributed by atoms with van der Waals surface area (Å²) in [4.78, 5) is 0. The van der Waals surface area contributed by atoms with Gasteiger partial charge in [-0.3, -0.25) is 0 Å². The van der Waals surface area contributed by atoms with E-state index in [4.69, 9.17) is 9.47 Å². The Morgan fingerprint density at radius 1 is 1.12 bits per heavy atom. The van der Waals surface area contributed by atoms with E-state index in [1.165, 1.54) is 12.1 Å². The van der Waals surface area contributed by atoms with Gasteiger partial charge in [-0.25, -0.2) is 4.39 Å². The van der Waals surface area contributed by atoms with Crippen LogP contribution in [-0.2, 0) is 13.0 Å².